The van der Waals surface area contributed by atoms with Gasteiger partial charge in [-0.3, -0.25) is 9.59 Å². The molecule has 0 spiro atoms. The molecule has 0 atom stereocenters. The molecule has 0 aliphatic heterocycles. The molecule has 1 aliphatic carbocycles. The van der Waals surface area contributed by atoms with E-state index in [-0.39, 0.29) is 0 Å². The van der Waals surface area contributed by atoms with Crippen LogP contribution in [-0.4, -0.2) is 22.2 Å². The zero-order valence-electron chi connectivity index (χ0n) is 9.88. The molecule has 0 amide bonds. The normalized spacial score (nSPS) is 10.2. The first-order valence-corrected chi connectivity index (χ1v) is 5.07. The molecule has 4 nitrogen and oxygen atoms in total. The molecule has 0 unspecified atom stereocenters. The van der Waals surface area contributed by atoms with E-state index >= 15 is 0 Å². The minimum Gasteiger partial charge on any atom is -0.481 e. The molecule has 4 heteroatoms. The quantitative estimate of drug-likeness (QED) is 0.725. The van der Waals surface area contributed by atoms with E-state index in [9.17, 15) is 0 Å². The fourth-order valence-corrected chi connectivity index (χ4v) is 1.20. The standard InChI is InChI=1S/C9H8.2C2H4O2/c1-2-5-9-7-3-6-8(9)4-1;2*1-2(3)4/h1-6H,7H2;2*1H3,(H,3,4). The van der Waals surface area contributed by atoms with Crippen molar-refractivity contribution in [3.8, 4) is 0 Å². The number of carboxylic acids is 2. The second kappa shape index (κ2) is 8.10. The molecule has 0 saturated carbocycles. The number of carbonyl (C=O) groups is 2. The minimum atomic E-state index is -0.833. The van der Waals surface area contributed by atoms with Crippen molar-refractivity contribution in [2.24, 2.45) is 0 Å². The van der Waals surface area contributed by atoms with Crippen LogP contribution in [-0.2, 0) is 16.0 Å². The molecule has 2 rings (SSSR count). The molecular weight excluding hydrogens is 220 g/mol. The number of rotatable bonds is 0. The minimum absolute atomic E-state index is 0.833. The van der Waals surface area contributed by atoms with Crippen molar-refractivity contribution in [2.45, 2.75) is 20.3 Å². The van der Waals surface area contributed by atoms with E-state index in [4.69, 9.17) is 19.8 Å². The highest BCUT2D eigenvalue weighted by atomic mass is 16.4. The summed E-state index contributed by atoms with van der Waals surface area (Å²) >= 11 is 0. The predicted octanol–water partition coefficient (Wildman–Crippen LogP) is 2.44. The van der Waals surface area contributed by atoms with Crippen LogP contribution in [0.1, 0.15) is 25.0 Å². The highest BCUT2D eigenvalue weighted by molar-refractivity contribution is 5.63. The number of hydrogen-bond acceptors (Lipinski definition) is 2. The number of fused-ring (bicyclic) bond motifs is 1. The van der Waals surface area contributed by atoms with E-state index in [2.05, 4.69) is 36.4 Å². The van der Waals surface area contributed by atoms with Crippen molar-refractivity contribution < 1.29 is 19.8 Å². The zero-order valence-corrected chi connectivity index (χ0v) is 9.88. The Hall–Kier alpha value is -2.10. The van der Waals surface area contributed by atoms with E-state index in [1.165, 1.54) is 11.1 Å². The Labute approximate surface area is 100 Å². The third-order valence-corrected chi connectivity index (χ3v) is 1.69. The largest absolute Gasteiger partial charge is 0.481 e. The van der Waals surface area contributed by atoms with Gasteiger partial charge in [-0.1, -0.05) is 36.4 Å². The van der Waals surface area contributed by atoms with Crippen molar-refractivity contribution in [1.82, 2.24) is 0 Å². The van der Waals surface area contributed by atoms with Gasteiger partial charge in [-0.15, -0.1) is 0 Å². The lowest BCUT2D eigenvalue weighted by atomic mass is 10.1. The number of benzene rings is 1. The second-order valence-corrected chi connectivity index (χ2v) is 3.34. The lowest BCUT2D eigenvalue weighted by Crippen LogP contribution is -1.78. The first-order valence-electron chi connectivity index (χ1n) is 5.07. The van der Waals surface area contributed by atoms with Gasteiger partial charge in [-0.25, -0.2) is 0 Å². The lowest BCUT2D eigenvalue weighted by molar-refractivity contribution is -0.135. The molecule has 17 heavy (non-hydrogen) atoms. The van der Waals surface area contributed by atoms with Crippen LogP contribution in [0.2, 0.25) is 0 Å². The monoisotopic (exact) mass is 236 g/mol. The number of allylic oxidation sites excluding steroid dienone is 1. The topological polar surface area (TPSA) is 74.6 Å². The van der Waals surface area contributed by atoms with Crippen LogP contribution in [0, 0.1) is 0 Å². The van der Waals surface area contributed by atoms with Crippen LogP contribution in [0.25, 0.3) is 6.08 Å². The van der Waals surface area contributed by atoms with E-state index in [0.29, 0.717) is 0 Å². The fraction of sp³-hybridized carbons (Fsp3) is 0.231. The van der Waals surface area contributed by atoms with Crippen molar-refractivity contribution >= 4 is 18.0 Å². The van der Waals surface area contributed by atoms with Crippen LogP contribution in [0.3, 0.4) is 0 Å². The summed E-state index contributed by atoms with van der Waals surface area (Å²) in [5.41, 5.74) is 2.84. The third-order valence-electron chi connectivity index (χ3n) is 1.69. The maximum Gasteiger partial charge on any atom is 0.300 e. The van der Waals surface area contributed by atoms with Crippen LogP contribution in [0.5, 0.6) is 0 Å². The smallest absolute Gasteiger partial charge is 0.300 e. The summed E-state index contributed by atoms with van der Waals surface area (Å²) in [5.74, 6) is -1.67. The first-order chi connectivity index (χ1) is 7.93. The molecule has 1 aliphatic rings. The average molecular weight is 236 g/mol. The van der Waals surface area contributed by atoms with Gasteiger partial charge in [-0.2, -0.15) is 0 Å². The van der Waals surface area contributed by atoms with Crippen molar-refractivity contribution in [3.05, 3.63) is 41.5 Å². The zero-order chi connectivity index (χ0) is 13.3. The van der Waals surface area contributed by atoms with Gasteiger partial charge in [0.1, 0.15) is 0 Å². The summed E-state index contributed by atoms with van der Waals surface area (Å²) in [5, 5.41) is 14.8. The SMILES string of the molecule is C1=Cc2ccccc2C1.CC(=O)O.CC(=O)O. The Balaban J connectivity index is 0.000000274. The van der Waals surface area contributed by atoms with Crippen LogP contribution in [0.15, 0.2) is 30.3 Å². The number of aliphatic carboxylic acids is 2. The Kier molecular flexibility index (Phi) is 7.10. The van der Waals surface area contributed by atoms with E-state index in [0.717, 1.165) is 20.3 Å². The molecule has 2 N–H and O–H groups in total. The summed E-state index contributed by atoms with van der Waals surface area (Å²) in [4.78, 5) is 18.0. The van der Waals surface area contributed by atoms with Crippen LogP contribution in [0.4, 0.5) is 0 Å². The van der Waals surface area contributed by atoms with Crippen molar-refractivity contribution in [3.63, 3.8) is 0 Å². The van der Waals surface area contributed by atoms with Gasteiger partial charge in [0, 0.05) is 13.8 Å². The van der Waals surface area contributed by atoms with E-state index in [1.807, 2.05) is 0 Å². The highest BCUT2D eigenvalue weighted by Gasteiger charge is 2.00. The first kappa shape index (κ1) is 14.9. The van der Waals surface area contributed by atoms with Crippen LogP contribution < -0.4 is 0 Å². The van der Waals surface area contributed by atoms with E-state index in [1.54, 1.807) is 0 Å². The summed E-state index contributed by atoms with van der Waals surface area (Å²) in [6.45, 7) is 2.17. The number of hydrogen-bond donors (Lipinski definition) is 2. The Bertz CT molecular complexity index is 388. The molecule has 0 bridgehead atoms. The number of carboxylic acid groups (broad SMARTS) is 2. The Morgan fingerprint density at radius 1 is 1.06 bits per heavy atom. The maximum atomic E-state index is 9.00. The molecule has 0 radical (unpaired) electrons. The van der Waals surface area contributed by atoms with Gasteiger partial charge in [-0.05, 0) is 17.5 Å². The second-order valence-electron chi connectivity index (χ2n) is 3.34. The fourth-order valence-electron chi connectivity index (χ4n) is 1.20. The van der Waals surface area contributed by atoms with Crippen LogP contribution >= 0.6 is 0 Å². The summed E-state index contributed by atoms with van der Waals surface area (Å²) in [7, 11) is 0. The van der Waals surface area contributed by atoms with E-state index < -0.39 is 11.9 Å². The van der Waals surface area contributed by atoms with Gasteiger partial charge in [0.05, 0.1) is 0 Å². The van der Waals surface area contributed by atoms with Gasteiger partial charge in [0.2, 0.25) is 0 Å². The van der Waals surface area contributed by atoms with Gasteiger partial charge < -0.3 is 10.2 Å². The highest BCUT2D eigenvalue weighted by Crippen LogP contribution is 2.17. The Morgan fingerprint density at radius 3 is 2.00 bits per heavy atom. The predicted molar refractivity (Wildman–Crippen MR) is 65.8 cm³/mol. The molecule has 0 fully saturated rings. The van der Waals surface area contributed by atoms with Gasteiger partial charge >= 0.3 is 0 Å². The molecule has 0 heterocycles. The molecule has 0 saturated heterocycles. The van der Waals surface area contributed by atoms with Crippen molar-refractivity contribution in [1.29, 1.82) is 0 Å². The maximum absolute atomic E-state index is 9.00. The Morgan fingerprint density at radius 2 is 1.53 bits per heavy atom. The molecular formula is C13H16O4. The molecule has 1 aromatic carbocycles. The molecule has 92 valence electrons. The summed E-state index contributed by atoms with van der Waals surface area (Å²) < 4.78 is 0. The summed E-state index contributed by atoms with van der Waals surface area (Å²) in [6.07, 6.45) is 5.50. The van der Waals surface area contributed by atoms with Gasteiger partial charge in [0.25, 0.3) is 11.9 Å². The van der Waals surface area contributed by atoms with Crippen molar-refractivity contribution in [2.75, 3.05) is 0 Å². The molecule has 1 aromatic rings. The molecule has 0 aromatic heterocycles. The third kappa shape index (κ3) is 8.87. The average Bonchev–Trinajstić information content (AvgIpc) is 2.62. The summed E-state index contributed by atoms with van der Waals surface area (Å²) in [6, 6.07) is 8.49. The lowest BCUT2D eigenvalue weighted by Gasteiger charge is -1.93. The van der Waals surface area contributed by atoms with Gasteiger partial charge in [0.15, 0.2) is 0 Å².